The molecule has 8 nitrogen and oxygen atoms in total. The molecule has 0 saturated heterocycles. The number of nitrogens with zero attached hydrogens (tertiary/aromatic N) is 4. The second kappa shape index (κ2) is 6.01. The molecule has 0 radical (unpaired) electrons. The van der Waals surface area contributed by atoms with Gasteiger partial charge in [0.25, 0.3) is 0 Å². The third kappa shape index (κ3) is 2.98. The van der Waals surface area contributed by atoms with Gasteiger partial charge in [0.15, 0.2) is 11.6 Å². The highest BCUT2D eigenvalue weighted by molar-refractivity contribution is 5.81. The van der Waals surface area contributed by atoms with Crippen LogP contribution in [-0.4, -0.2) is 55.6 Å². The molecule has 3 N–H and O–H groups in total. The number of rotatable bonds is 5. The Morgan fingerprint density at radius 1 is 1.44 bits per heavy atom. The van der Waals surface area contributed by atoms with Gasteiger partial charge in [-0.2, -0.15) is 0 Å². The first-order valence-corrected chi connectivity index (χ1v) is 5.28. The van der Waals surface area contributed by atoms with E-state index in [4.69, 9.17) is 10.6 Å². The van der Waals surface area contributed by atoms with Gasteiger partial charge in [-0.25, -0.2) is 15.8 Å². The first-order valence-electron chi connectivity index (χ1n) is 5.28. The van der Waals surface area contributed by atoms with Crippen LogP contribution in [0.1, 0.15) is 0 Å². The van der Waals surface area contributed by atoms with Crippen LogP contribution in [0.25, 0.3) is 0 Å². The van der Waals surface area contributed by atoms with Gasteiger partial charge in [-0.3, -0.25) is 4.79 Å². The SMILES string of the molecule is COc1c(NN)ncnc1N(C)CC(=O)N(C)C. The number of amides is 1. The normalized spacial score (nSPS) is 9.83. The molecule has 100 valence electrons. The van der Waals surface area contributed by atoms with Crippen molar-refractivity contribution in [1.29, 1.82) is 0 Å². The summed E-state index contributed by atoms with van der Waals surface area (Å²) in [7, 11) is 6.62. The summed E-state index contributed by atoms with van der Waals surface area (Å²) in [6.45, 7) is 0.185. The quantitative estimate of drug-likeness (QED) is 0.529. The second-order valence-electron chi connectivity index (χ2n) is 3.87. The number of nitrogens with two attached hydrogens (primary N) is 1. The van der Waals surface area contributed by atoms with Gasteiger partial charge in [0.1, 0.15) is 6.33 Å². The zero-order valence-electron chi connectivity index (χ0n) is 11.0. The average Bonchev–Trinajstić information content (AvgIpc) is 2.37. The van der Waals surface area contributed by atoms with E-state index in [1.807, 2.05) is 0 Å². The summed E-state index contributed by atoms with van der Waals surface area (Å²) in [4.78, 5) is 22.8. The van der Waals surface area contributed by atoms with Crippen molar-refractivity contribution in [3.05, 3.63) is 6.33 Å². The molecule has 0 fully saturated rings. The Kier molecular flexibility index (Phi) is 4.67. The van der Waals surface area contributed by atoms with E-state index < -0.39 is 0 Å². The molecule has 0 aliphatic carbocycles. The third-order valence-corrected chi connectivity index (χ3v) is 2.36. The first kappa shape index (κ1) is 14.0. The fraction of sp³-hybridized carbons (Fsp3) is 0.500. The predicted octanol–water partition coefficient (Wildman–Crippen LogP) is -0.705. The smallest absolute Gasteiger partial charge is 0.241 e. The van der Waals surface area contributed by atoms with E-state index in [1.165, 1.54) is 18.3 Å². The van der Waals surface area contributed by atoms with Crippen LogP contribution in [0, 0.1) is 0 Å². The lowest BCUT2D eigenvalue weighted by Crippen LogP contribution is -2.35. The van der Waals surface area contributed by atoms with Gasteiger partial charge in [-0.1, -0.05) is 0 Å². The van der Waals surface area contributed by atoms with E-state index in [1.54, 1.807) is 26.0 Å². The summed E-state index contributed by atoms with van der Waals surface area (Å²) in [6, 6.07) is 0. The largest absolute Gasteiger partial charge is 0.490 e. The molecule has 0 unspecified atom stereocenters. The van der Waals surface area contributed by atoms with Crippen LogP contribution in [0.3, 0.4) is 0 Å². The first-order chi connectivity index (χ1) is 8.51. The number of carbonyl (C=O) groups is 1. The van der Waals surface area contributed by atoms with Crippen LogP contribution in [0.5, 0.6) is 5.75 Å². The van der Waals surface area contributed by atoms with Gasteiger partial charge in [0.2, 0.25) is 11.7 Å². The molecule has 18 heavy (non-hydrogen) atoms. The Hall–Kier alpha value is -2.09. The third-order valence-electron chi connectivity index (χ3n) is 2.36. The molecular formula is C10H18N6O2. The maximum Gasteiger partial charge on any atom is 0.241 e. The topological polar surface area (TPSA) is 96.6 Å². The lowest BCUT2D eigenvalue weighted by Gasteiger charge is -2.22. The van der Waals surface area contributed by atoms with Crippen LogP contribution in [0.4, 0.5) is 11.6 Å². The van der Waals surface area contributed by atoms with Crippen molar-refractivity contribution in [2.45, 2.75) is 0 Å². The van der Waals surface area contributed by atoms with Gasteiger partial charge >= 0.3 is 0 Å². The molecule has 0 saturated carbocycles. The Labute approximate surface area is 106 Å². The van der Waals surface area contributed by atoms with Crippen molar-refractivity contribution in [3.63, 3.8) is 0 Å². The van der Waals surface area contributed by atoms with E-state index >= 15 is 0 Å². The molecular weight excluding hydrogens is 236 g/mol. The van der Waals surface area contributed by atoms with Gasteiger partial charge in [-0.15, -0.1) is 0 Å². The van der Waals surface area contributed by atoms with Crippen molar-refractivity contribution in [2.24, 2.45) is 5.84 Å². The molecule has 0 bridgehead atoms. The summed E-state index contributed by atoms with van der Waals surface area (Å²) in [5.41, 5.74) is 2.42. The number of ether oxygens (including phenoxy) is 1. The van der Waals surface area contributed by atoms with Crippen molar-refractivity contribution in [1.82, 2.24) is 14.9 Å². The van der Waals surface area contributed by atoms with Crippen molar-refractivity contribution in [2.75, 3.05) is 45.1 Å². The Balaban J connectivity index is 2.98. The summed E-state index contributed by atoms with van der Waals surface area (Å²) in [5, 5.41) is 0. The van der Waals surface area contributed by atoms with Crippen molar-refractivity contribution < 1.29 is 9.53 Å². The van der Waals surface area contributed by atoms with Crippen LogP contribution in [0.15, 0.2) is 6.33 Å². The minimum atomic E-state index is -0.0413. The zero-order chi connectivity index (χ0) is 13.7. The minimum absolute atomic E-state index is 0.0413. The molecule has 0 atom stereocenters. The Morgan fingerprint density at radius 3 is 2.61 bits per heavy atom. The summed E-state index contributed by atoms with van der Waals surface area (Å²) in [5.74, 6) is 6.55. The van der Waals surface area contributed by atoms with E-state index in [2.05, 4.69) is 15.4 Å². The molecule has 0 aliphatic heterocycles. The minimum Gasteiger partial charge on any atom is -0.490 e. The van der Waals surface area contributed by atoms with E-state index in [-0.39, 0.29) is 12.5 Å². The number of methoxy groups -OCH3 is 1. The molecule has 1 rings (SSSR count). The lowest BCUT2D eigenvalue weighted by molar-refractivity contribution is -0.127. The number of likely N-dealkylation sites (N-methyl/N-ethyl adjacent to an activating group) is 2. The highest BCUT2D eigenvalue weighted by Gasteiger charge is 2.17. The van der Waals surface area contributed by atoms with Gasteiger partial charge in [0.05, 0.1) is 13.7 Å². The number of aromatic nitrogens is 2. The molecule has 0 aliphatic rings. The Bertz CT molecular complexity index is 423. The molecule has 8 heteroatoms. The number of nitrogen functional groups attached to an aromatic ring is 1. The summed E-state index contributed by atoms with van der Waals surface area (Å²) >= 11 is 0. The predicted molar refractivity (Wildman–Crippen MR) is 68.4 cm³/mol. The van der Waals surface area contributed by atoms with Gasteiger partial charge in [0, 0.05) is 21.1 Å². The molecule has 0 aromatic carbocycles. The Morgan fingerprint density at radius 2 is 2.11 bits per heavy atom. The van der Waals surface area contributed by atoms with E-state index in [0.717, 1.165) is 0 Å². The maximum absolute atomic E-state index is 11.6. The van der Waals surface area contributed by atoms with Gasteiger partial charge in [-0.05, 0) is 0 Å². The highest BCUT2D eigenvalue weighted by Crippen LogP contribution is 2.30. The zero-order valence-corrected chi connectivity index (χ0v) is 11.0. The van der Waals surface area contributed by atoms with Crippen molar-refractivity contribution >= 4 is 17.5 Å². The highest BCUT2D eigenvalue weighted by atomic mass is 16.5. The molecule has 1 aromatic rings. The van der Waals surface area contributed by atoms with E-state index in [9.17, 15) is 4.79 Å². The van der Waals surface area contributed by atoms with Crippen LogP contribution >= 0.6 is 0 Å². The molecule has 0 spiro atoms. The summed E-state index contributed by atoms with van der Waals surface area (Å²) < 4.78 is 5.20. The fourth-order valence-corrected chi connectivity index (χ4v) is 1.35. The number of carbonyl (C=O) groups excluding carboxylic acids is 1. The van der Waals surface area contributed by atoms with Crippen molar-refractivity contribution in [3.8, 4) is 5.75 Å². The lowest BCUT2D eigenvalue weighted by atomic mass is 10.4. The van der Waals surface area contributed by atoms with Crippen LogP contribution < -0.4 is 20.9 Å². The average molecular weight is 254 g/mol. The van der Waals surface area contributed by atoms with E-state index in [0.29, 0.717) is 17.4 Å². The summed E-state index contributed by atoms with van der Waals surface area (Å²) in [6.07, 6.45) is 1.35. The van der Waals surface area contributed by atoms with Crippen LogP contribution in [0.2, 0.25) is 0 Å². The maximum atomic E-state index is 11.6. The standard InChI is InChI=1S/C10H18N6O2/c1-15(2)7(17)5-16(3)10-8(18-4)9(14-11)12-6-13-10/h6H,5,11H2,1-4H3,(H,12,13,14). The second-order valence-corrected chi connectivity index (χ2v) is 3.87. The number of anilines is 2. The van der Waals surface area contributed by atoms with Crippen LogP contribution in [-0.2, 0) is 4.79 Å². The van der Waals surface area contributed by atoms with Gasteiger partial charge < -0.3 is 20.0 Å². The number of hydrazine groups is 1. The number of nitrogens with one attached hydrogen (secondary N) is 1. The fourth-order valence-electron chi connectivity index (χ4n) is 1.35. The monoisotopic (exact) mass is 254 g/mol. The number of hydrogen-bond acceptors (Lipinski definition) is 7. The molecule has 1 aromatic heterocycles. The molecule has 1 heterocycles. The number of hydrogen-bond donors (Lipinski definition) is 2. The molecule has 1 amide bonds.